The molecule has 1 atom stereocenters. The Morgan fingerprint density at radius 1 is 1.15 bits per heavy atom. The summed E-state index contributed by atoms with van der Waals surface area (Å²) >= 11 is 0. The molecule has 1 N–H and O–H groups in total. The summed E-state index contributed by atoms with van der Waals surface area (Å²) in [6.45, 7) is 2.09. The summed E-state index contributed by atoms with van der Waals surface area (Å²) in [7, 11) is -3.71. The summed E-state index contributed by atoms with van der Waals surface area (Å²) in [4.78, 5) is 4.58. The molecule has 174 valence electrons. The fourth-order valence-electron chi connectivity index (χ4n) is 3.52. The summed E-state index contributed by atoms with van der Waals surface area (Å²) in [5.41, 5.74) is 2.64. The lowest BCUT2D eigenvalue weighted by atomic mass is 9.92. The van der Waals surface area contributed by atoms with Gasteiger partial charge in [0.1, 0.15) is 5.82 Å². The lowest BCUT2D eigenvalue weighted by Gasteiger charge is -2.18. The molecule has 0 bridgehead atoms. The molecule has 2 aromatic carbocycles. The maximum absolute atomic E-state index is 13.6. The number of H-pyrrole nitrogens is 1. The average Bonchev–Trinajstić information content (AvgIpc) is 3.18. The van der Waals surface area contributed by atoms with E-state index in [0.717, 1.165) is 17.2 Å². The molecular weight excluding hydrogens is 460 g/mol. The molecule has 0 fully saturated rings. The summed E-state index contributed by atoms with van der Waals surface area (Å²) in [6.07, 6.45) is -2.03. The fraction of sp³-hybridized carbons (Fsp3) is 0.273. The van der Waals surface area contributed by atoms with Crippen LogP contribution in [-0.4, -0.2) is 38.4 Å². The molecule has 2 heterocycles. The average molecular weight is 480 g/mol. The number of hydrogen-bond acceptors (Lipinski definition) is 5. The zero-order valence-electron chi connectivity index (χ0n) is 17.9. The number of aromatic amines is 1. The molecule has 2 aromatic heterocycles. The number of rotatable bonds is 5. The first-order valence-corrected chi connectivity index (χ1v) is 11.8. The van der Waals surface area contributed by atoms with Gasteiger partial charge in [0.25, 0.3) is 0 Å². The fourth-order valence-corrected chi connectivity index (χ4v) is 4.38. The van der Waals surface area contributed by atoms with Crippen molar-refractivity contribution < 1.29 is 26.0 Å². The highest BCUT2D eigenvalue weighted by molar-refractivity contribution is 7.88. The molecule has 33 heavy (non-hydrogen) atoms. The number of benzene rings is 2. The molecule has 0 radical (unpaired) electrons. The number of halogens is 4. The van der Waals surface area contributed by atoms with Crippen molar-refractivity contribution in [2.45, 2.75) is 25.9 Å². The van der Waals surface area contributed by atoms with Crippen molar-refractivity contribution in [3.8, 4) is 11.1 Å². The Morgan fingerprint density at radius 3 is 2.48 bits per heavy atom. The molecule has 4 aromatic rings. The molecule has 4 rings (SSSR count). The maximum atomic E-state index is 13.6. The topological polar surface area (TPSA) is 80.2 Å². The van der Waals surface area contributed by atoms with E-state index in [1.165, 1.54) is 12.1 Å². The molecule has 1 unspecified atom stereocenters. The van der Waals surface area contributed by atoms with Gasteiger partial charge in [0.2, 0.25) is 0 Å². The van der Waals surface area contributed by atoms with Gasteiger partial charge >= 0.3 is 6.18 Å². The number of alkyl halides is 3. The number of nitrogens with one attached hydrogen (secondary N) is 1. The van der Waals surface area contributed by atoms with Crippen molar-refractivity contribution in [1.29, 1.82) is 0 Å². The Hall–Kier alpha value is -3.05. The van der Waals surface area contributed by atoms with Crippen LogP contribution in [0.5, 0.6) is 0 Å². The Bertz CT molecular complexity index is 1450. The van der Waals surface area contributed by atoms with Gasteiger partial charge in [-0.3, -0.25) is 9.28 Å². The van der Waals surface area contributed by atoms with Crippen LogP contribution >= 0.6 is 0 Å². The van der Waals surface area contributed by atoms with Gasteiger partial charge in [0.15, 0.2) is 22.4 Å². The molecule has 0 amide bonds. The van der Waals surface area contributed by atoms with Crippen molar-refractivity contribution in [2.24, 2.45) is 4.36 Å². The van der Waals surface area contributed by atoms with Crippen LogP contribution in [0.3, 0.4) is 0 Å². The molecule has 0 spiro atoms. The molecule has 0 aliphatic rings. The first-order chi connectivity index (χ1) is 15.4. The molecule has 0 saturated carbocycles. The van der Waals surface area contributed by atoms with Crippen LogP contribution in [0.25, 0.3) is 32.8 Å². The normalized spacial score (nSPS) is 14.2. The quantitative estimate of drug-likeness (QED) is 0.342. The molecule has 11 heteroatoms. The van der Waals surface area contributed by atoms with Crippen LogP contribution in [0.4, 0.5) is 23.4 Å². The first-order valence-electron chi connectivity index (χ1n) is 9.93. The van der Waals surface area contributed by atoms with E-state index in [4.69, 9.17) is 0 Å². The predicted molar refractivity (Wildman–Crippen MR) is 119 cm³/mol. The van der Waals surface area contributed by atoms with Crippen molar-refractivity contribution in [1.82, 2.24) is 15.2 Å². The predicted octanol–water partition coefficient (Wildman–Crippen LogP) is 6.26. The van der Waals surface area contributed by atoms with Gasteiger partial charge in [-0.25, -0.2) is 13.6 Å². The number of pyridine rings is 1. The minimum atomic E-state index is -4.65. The molecule has 0 aliphatic carbocycles. The van der Waals surface area contributed by atoms with Gasteiger partial charge in [-0.2, -0.15) is 22.6 Å². The summed E-state index contributed by atoms with van der Waals surface area (Å²) in [5.74, 6) is -0.531. The summed E-state index contributed by atoms with van der Waals surface area (Å²) in [6, 6.07) is 9.47. The first kappa shape index (κ1) is 23.1. The van der Waals surface area contributed by atoms with E-state index in [0.29, 0.717) is 27.5 Å². The monoisotopic (exact) mass is 480 g/mol. The van der Waals surface area contributed by atoms with Crippen molar-refractivity contribution in [3.05, 3.63) is 54.1 Å². The van der Waals surface area contributed by atoms with Gasteiger partial charge in [0.05, 0.1) is 17.4 Å². The van der Waals surface area contributed by atoms with E-state index in [-0.39, 0.29) is 11.7 Å². The van der Waals surface area contributed by atoms with Crippen LogP contribution in [0.1, 0.15) is 25.5 Å². The number of nitrogens with zero attached hydrogens (tertiary/aromatic N) is 3. The van der Waals surface area contributed by atoms with Crippen molar-refractivity contribution in [3.63, 3.8) is 0 Å². The Labute approximate surface area is 187 Å². The van der Waals surface area contributed by atoms with Gasteiger partial charge < -0.3 is 0 Å². The molecule has 6 nitrogen and oxygen atoms in total. The highest BCUT2D eigenvalue weighted by Gasteiger charge is 2.29. The van der Waals surface area contributed by atoms with Gasteiger partial charge in [0, 0.05) is 22.6 Å². The van der Waals surface area contributed by atoms with Gasteiger partial charge in [-0.1, -0.05) is 26.0 Å². The standard InChI is InChI=1S/C22H20F4N4O2S/c1-12(2)20-19(13-4-6-15(23)7-5-13)16-8-14-10-27-29-18(14)9-17(16)21(28-20)30-33(3,31)32-11-22(24,25)26/h4-10,12H,11H2,1-3H3,(H,27,29). The van der Waals surface area contributed by atoms with E-state index < -0.39 is 28.6 Å². The van der Waals surface area contributed by atoms with Crippen LogP contribution in [0, 0.1) is 5.82 Å². The Morgan fingerprint density at radius 2 is 1.85 bits per heavy atom. The molecule has 0 saturated heterocycles. The van der Waals surface area contributed by atoms with Crippen LogP contribution < -0.4 is 0 Å². The van der Waals surface area contributed by atoms with Crippen molar-refractivity contribution in [2.75, 3.05) is 12.9 Å². The largest absolute Gasteiger partial charge is 0.413 e. The van der Waals surface area contributed by atoms with Crippen molar-refractivity contribution >= 4 is 37.5 Å². The van der Waals surface area contributed by atoms with Gasteiger partial charge in [-0.15, -0.1) is 0 Å². The number of hydrogen-bond donors (Lipinski definition) is 1. The third-order valence-electron chi connectivity index (χ3n) is 4.94. The lowest BCUT2D eigenvalue weighted by Crippen LogP contribution is -2.19. The summed E-state index contributed by atoms with van der Waals surface area (Å²) in [5, 5.41) is 8.75. The second kappa shape index (κ2) is 8.38. The van der Waals surface area contributed by atoms with Gasteiger partial charge in [-0.05, 0) is 41.1 Å². The molecule has 0 aliphatic heterocycles. The number of fused-ring (bicyclic) bond motifs is 2. The SMILES string of the molecule is CC(C)c1nc(N=S(C)(=O)OCC(F)(F)F)c2cc3[nH]ncc3cc2c1-c1ccc(F)cc1. The van der Waals surface area contributed by atoms with Crippen LogP contribution in [0.15, 0.2) is 47.0 Å². The number of aromatic nitrogens is 3. The Kier molecular flexibility index (Phi) is 5.87. The highest BCUT2D eigenvalue weighted by atomic mass is 32.2. The van der Waals surface area contributed by atoms with E-state index >= 15 is 0 Å². The minimum Gasteiger partial charge on any atom is -0.278 e. The second-order valence-corrected chi connectivity index (χ2v) is 9.80. The Balaban J connectivity index is 2.04. The maximum Gasteiger partial charge on any atom is 0.413 e. The van der Waals surface area contributed by atoms with Crippen LogP contribution in [-0.2, 0) is 14.2 Å². The van der Waals surface area contributed by atoms with E-state index in [1.807, 2.05) is 19.9 Å². The lowest BCUT2D eigenvalue weighted by molar-refractivity contribution is -0.151. The minimum absolute atomic E-state index is 0.00858. The second-order valence-electron chi connectivity index (χ2n) is 7.91. The van der Waals surface area contributed by atoms with E-state index in [1.54, 1.807) is 24.4 Å². The van der Waals surface area contributed by atoms with E-state index in [2.05, 4.69) is 23.7 Å². The van der Waals surface area contributed by atoms with E-state index in [9.17, 15) is 21.8 Å². The third kappa shape index (κ3) is 4.98. The summed E-state index contributed by atoms with van der Waals surface area (Å²) < 4.78 is 72.7. The third-order valence-corrected chi connectivity index (χ3v) is 6.00. The molecular formula is C22H20F4N4O2S. The zero-order valence-corrected chi connectivity index (χ0v) is 18.7. The zero-order chi connectivity index (χ0) is 24.0. The smallest absolute Gasteiger partial charge is 0.278 e. The highest BCUT2D eigenvalue weighted by Crippen LogP contribution is 2.40. The van der Waals surface area contributed by atoms with Crippen LogP contribution in [0.2, 0.25) is 0 Å².